The maximum Gasteiger partial charge on any atom is 0.0546 e. The monoisotopic (exact) mass is 611 g/mol. The zero-order chi connectivity index (χ0) is 32.1. The van der Waals surface area contributed by atoms with Gasteiger partial charge in [-0.15, -0.1) is 0 Å². The minimum Gasteiger partial charge on any atom is -0.310 e. The molecule has 6 aromatic carbocycles. The van der Waals surface area contributed by atoms with E-state index in [-0.39, 0.29) is 5.41 Å². The number of anilines is 3. The van der Waals surface area contributed by atoms with Crippen molar-refractivity contribution in [3.8, 4) is 22.3 Å². The van der Waals surface area contributed by atoms with Crippen LogP contribution >= 0.6 is 0 Å². The summed E-state index contributed by atoms with van der Waals surface area (Å²) in [4.78, 5) is 2.52. The number of fused-ring (bicyclic) bond motifs is 4. The SMILES string of the molecule is CC(C)c1cccc2c1-c1ccc(N(c3ccc(C4CCCCC4)cc3)c3cc4ccccc4cc3-c3ccccc3)cc1C2(C)C. The summed E-state index contributed by atoms with van der Waals surface area (Å²) >= 11 is 0. The van der Waals surface area contributed by atoms with Crippen LogP contribution in [0.2, 0.25) is 0 Å². The molecule has 0 aromatic heterocycles. The summed E-state index contributed by atoms with van der Waals surface area (Å²) in [6, 6.07) is 48.2. The maximum absolute atomic E-state index is 2.52. The Kier molecular flexibility index (Phi) is 7.52. The van der Waals surface area contributed by atoms with E-state index in [1.54, 1.807) is 0 Å². The molecule has 6 aromatic rings. The van der Waals surface area contributed by atoms with Crippen molar-refractivity contribution in [2.24, 2.45) is 0 Å². The highest BCUT2D eigenvalue weighted by Gasteiger charge is 2.37. The molecule has 0 radical (unpaired) electrons. The van der Waals surface area contributed by atoms with Gasteiger partial charge in [0, 0.05) is 22.4 Å². The minimum absolute atomic E-state index is 0.0896. The molecule has 0 atom stereocenters. The number of hydrogen-bond donors (Lipinski definition) is 0. The first kappa shape index (κ1) is 29.8. The van der Waals surface area contributed by atoms with Crippen molar-refractivity contribution in [1.29, 1.82) is 0 Å². The zero-order valence-corrected chi connectivity index (χ0v) is 28.3. The number of nitrogens with zero attached hydrogens (tertiary/aromatic N) is 1. The van der Waals surface area contributed by atoms with Gasteiger partial charge in [0.2, 0.25) is 0 Å². The van der Waals surface area contributed by atoms with Crippen LogP contribution in [0.4, 0.5) is 17.1 Å². The van der Waals surface area contributed by atoms with Crippen LogP contribution in [0.15, 0.2) is 127 Å². The summed E-state index contributed by atoms with van der Waals surface area (Å²) in [5, 5.41) is 2.51. The largest absolute Gasteiger partial charge is 0.310 e. The molecule has 2 aliphatic carbocycles. The quantitative estimate of drug-likeness (QED) is 0.181. The highest BCUT2D eigenvalue weighted by molar-refractivity contribution is 5.99. The third-order valence-corrected chi connectivity index (χ3v) is 11.0. The molecule has 0 spiro atoms. The Hall–Kier alpha value is -4.62. The Bertz CT molecular complexity index is 2060. The molecule has 0 amide bonds. The van der Waals surface area contributed by atoms with Gasteiger partial charge in [0.15, 0.2) is 0 Å². The third kappa shape index (κ3) is 5.17. The van der Waals surface area contributed by atoms with Gasteiger partial charge in [-0.2, -0.15) is 0 Å². The van der Waals surface area contributed by atoms with Crippen LogP contribution in [-0.2, 0) is 5.41 Å². The Morgan fingerprint density at radius 3 is 2.00 bits per heavy atom. The molecule has 2 aliphatic rings. The smallest absolute Gasteiger partial charge is 0.0546 e. The Morgan fingerprint density at radius 2 is 1.28 bits per heavy atom. The highest BCUT2D eigenvalue weighted by atomic mass is 15.1. The van der Waals surface area contributed by atoms with E-state index >= 15 is 0 Å². The predicted octanol–water partition coefficient (Wildman–Crippen LogP) is 13.5. The Morgan fingerprint density at radius 1 is 0.596 bits per heavy atom. The highest BCUT2D eigenvalue weighted by Crippen LogP contribution is 2.53. The van der Waals surface area contributed by atoms with Crippen LogP contribution in [-0.4, -0.2) is 0 Å². The lowest BCUT2D eigenvalue weighted by molar-refractivity contribution is 0.443. The normalized spacial score (nSPS) is 15.5. The molecule has 1 heteroatoms. The lowest BCUT2D eigenvalue weighted by Gasteiger charge is -2.31. The van der Waals surface area contributed by atoms with Gasteiger partial charge in [-0.05, 0) is 111 Å². The van der Waals surface area contributed by atoms with E-state index in [1.807, 2.05) is 0 Å². The first-order chi connectivity index (χ1) is 22.9. The molecule has 8 rings (SSSR count). The van der Waals surface area contributed by atoms with Crippen molar-refractivity contribution in [2.45, 2.75) is 77.0 Å². The number of benzene rings is 6. The topological polar surface area (TPSA) is 3.24 Å². The fourth-order valence-corrected chi connectivity index (χ4v) is 8.45. The molecule has 0 saturated heterocycles. The molecule has 0 aliphatic heterocycles. The van der Waals surface area contributed by atoms with E-state index in [0.717, 1.165) is 0 Å². The van der Waals surface area contributed by atoms with Gasteiger partial charge in [-0.3, -0.25) is 0 Å². The molecule has 0 heterocycles. The van der Waals surface area contributed by atoms with Crippen LogP contribution in [0.25, 0.3) is 33.0 Å². The van der Waals surface area contributed by atoms with Gasteiger partial charge in [-0.1, -0.05) is 138 Å². The van der Waals surface area contributed by atoms with Crippen molar-refractivity contribution in [3.05, 3.63) is 150 Å². The maximum atomic E-state index is 2.52. The van der Waals surface area contributed by atoms with Crippen molar-refractivity contribution < 1.29 is 0 Å². The molecule has 1 fully saturated rings. The number of hydrogen-bond acceptors (Lipinski definition) is 1. The van der Waals surface area contributed by atoms with E-state index in [1.165, 1.54) is 104 Å². The Balaban J connectivity index is 1.35. The third-order valence-electron chi connectivity index (χ3n) is 11.0. The Labute approximate surface area is 280 Å². The second kappa shape index (κ2) is 11.9. The molecular formula is C46H45N. The zero-order valence-electron chi connectivity index (χ0n) is 28.3. The lowest BCUT2D eigenvalue weighted by atomic mass is 9.81. The molecule has 1 nitrogen and oxygen atoms in total. The standard InChI is InChI=1S/C46H45N/c1-31(2)39-20-13-21-42-45(39)40-27-26-38(30-43(40)46(42,3)4)47(37-24-22-33(23-25-37)32-14-7-5-8-15-32)44-29-36-19-12-11-18-35(36)28-41(44)34-16-9-6-10-17-34/h6,9-13,16-32H,5,7-8,14-15H2,1-4H3. The molecular weight excluding hydrogens is 567 g/mol. The minimum atomic E-state index is -0.0896. The summed E-state index contributed by atoms with van der Waals surface area (Å²) in [5.41, 5.74) is 14.6. The van der Waals surface area contributed by atoms with Crippen molar-refractivity contribution in [2.75, 3.05) is 4.90 Å². The van der Waals surface area contributed by atoms with Crippen LogP contribution < -0.4 is 4.90 Å². The summed E-state index contributed by atoms with van der Waals surface area (Å²) in [7, 11) is 0. The van der Waals surface area contributed by atoms with E-state index in [4.69, 9.17) is 0 Å². The predicted molar refractivity (Wildman–Crippen MR) is 202 cm³/mol. The molecule has 0 bridgehead atoms. The fraction of sp³-hybridized carbons (Fsp3) is 0.261. The van der Waals surface area contributed by atoms with Crippen molar-refractivity contribution >= 4 is 27.8 Å². The first-order valence-electron chi connectivity index (χ1n) is 17.7. The van der Waals surface area contributed by atoms with E-state index in [2.05, 4.69) is 160 Å². The van der Waals surface area contributed by atoms with E-state index in [9.17, 15) is 0 Å². The van der Waals surface area contributed by atoms with Crippen LogP contribution in [0, 0.1) is 0 Å². The second-order valence-corrected chi connectivity index (χ2v) is 14.6. The average molecular weight is 612 g/mol. The number of rotatable bonds is 6. The second-order valence-electron chi connectivity index (χ2n) is 14.6. The molecule has 234 valence electrons. The van der Waals surface area contributed by atoms with Crippen LogP contribution in [0.3, 0.4) is 0 Å². The first-order valence-corrected chi connectivity index (χ1v) is 17.7. The van der Waals surface area contributed by atoms with Gasteiger partial charge < -0.3 is 4.90 Å². The van der Waals surface area contributed by atoms with Gasteiger partial charge in [0.1, 0.15) is 0 Å². The van der Waals surface area contributed by atoms with Gasteiger partial charge in [-0.25, -0.2) is 0 Å². The molecule has 0 unspecified atom stereocenters. The molecule has 47 heavy (non-hydrogen) atoms. The fourth-order valence-electron chi connectivity index (χ4n) is 8.45. The summed E-state index contributed by atoms with van der Waals surface area (Å²) in [6.45, 7) is 9.44. The van der Waals surface area contributed by atoms with Crippen LogP contribution in [0.5, 0.6) is 0 Å². The summed E-state index contributed by atoms with van der Waals surface area (Å²) < 4.78 is 0. The van der Waals surface area contributed by atoms with E-state index in [0.29, 0.717) is 11.8 Å². The van der Waals surface area contributed by atoms with E-state index < -0.39 is 0 Å². The lowest BCUT2D eigenvalue weighted by Crippen LogP contribution is -2.17. The summed E-state index contributed by atoms with van der Waals surface area (Å²) in [5.74, 6) is 1.15. The van der Waals surface area contributed by atoms with Gasteiger partial charge in [0.05, 0.1) is 5.69 Å². The molecule has 0 N–H and O–H groups in total. The molecule has 1 saturated carbocycles. The van der Waals surface area contributed by atoms with Gasteiger partial charge >= 0.3 is 0 Å². The van der Waals surface area contributed by atoms with Crippen molar-refractivity contribution in [1.82, 2.24) is 0 Å². The van der Waals surface area contributed by atoms with Gasteiger partial charge in [0.25, 0.3) is 0 Å². The summed E-state index contributed by atoms with van der Waals surface area (Å²) in [6.07, 6.45) is 6.70. The average Bonchev–Trinajstić information content (AvgIpc) is 3.35. The van der Waals surface area contributed by atoms with Crippen LogP contribution in [0.1, 0.15) is 93.9 Å². The van der Waals surface area contributed by atoms with Crippen molar-refractivity contribution in [3.63, 3.8) is 0 Å².